The molecule has 2 aliphatic heterocycles. The lowest BCUT2D eigenvalue weighted by atomic mass is 9.93. The molecule has 4 nitrogen and oxygen atoms in total. The van der Waals surface area contributed by atoms with E-state index in [4.69, 9.17) is 0 Å². The molecule has 2 saturated heterocycles. The highest BCUT2D eigenvalue weighted by molar-refractivity contribution is 5.95. The van der Waals surface area contributed by atoms with Crippen LogP contribution in [0, 0.1) is 5.92 Å². The Hall–Kier alpha value is -1.39. The topological polar surface area (TPSA) is 44.4 Å². The van der Waals surface area contributed by atoms with E-state index in [-0.39, 0.29) is 5.91 Å². The van der Waals surface area contributed by atoms with E-state index in [2.05, 4.69) is 34.9 Å². The summed E-state index contributed by atoms with van der Waals surface area (Å²) in [4.78, 5) is 13.7. The van der Waals surface area contributed by atoms with Crippen LogP contribution in [0.4, 0.5) is 5.69 Å². The van der Waals surface area contributed by atoms with Gasteiger partial charge in [0.15, 0.2) is 0 Å². The van der Waals surface area contributed by atoms with Gasteiger partial charge in [0.05, 0.1) is 0 Å². The number of benzene rings is 1. The monoisotopic (exact) mass is 327 g/mol. The molecule has 24 heavy (non-hydrogen) atoms. The molecule has 0 radical (unpaired) electrons. The van der Waals surface area contributed by atoms with Gasteiger partial charge < -0.3 is 15.5 Å². The molecule has 1 aromatic carbocycles. The summed E-state index contributed by atoms with van der Waals surface area (Å²) in [5.74, 6) is 1.06. The van der Waals surface area contributed by atoms with Crippen LogP contribution in [-0.2, 0) is 11.3 Å². The number of carbonyl (C=O) groups is 1. The quantitative estimate of drug-likeness (QED) is 0.874. The third-order valence-corrected chi connectivity index (χ3v) is 6.07. The molecule has 3 unspecified atom stereocenters. The van der Waals surface area contributed by atoms with Crippen LogP contribution in [0.15, 0.2) is 24.3 Å². The minimum Gasteiger partial charge on any atom is -0.314 e. The molecule has 0 aromatic heterocycles. The van der Waals surface area contributed by atoms with Crippen molar-refractivity contribution in [3.05, 3.63) is 29.8 Å². The number of carbonyl (C=O) groups excluding carboxylic acids is 1. The van der Waals surface area contributed by atoms with E-state index >= 15 is 0 Å². The number of nitrogens with zero attached hydrogens (tertiary/aromatic N) is 1. The number of hydrogen-bond acceptors (Lipinski definition) is 3. The second-order valence-corrected chi connectivity index (χ2v) is 7.60. The Bertz CT molecular complexity index is 565. The Balaban J connectivity index is 1.33. The Kier molecular flexibility index (Phi) is 4.86. The molecule has 2 heterocycles. The highest BCUT2D eigenvalue weighted by Crippen LogP contribution is 2.32. The van der Waals surface area contributed by atoms with E-state index < -0.39 is 0 Å². The van der Waals surface area contributed by atoms with E-state index in [1.165, 1.54) is 44.2 Å². The zero-order valence-corrected chi connectivity index (χ0v) is 14.5. The first-order valence-corrected chi connectivity index (χ1v) is 9.67. The third kappa shape index (κ3) is 3.35. The Morgan fingerprint density at radius 2 is 1.96 bits per heavy atom. The standard InChI is InChI=1S/C20H29N3O/c24-20-7-3-13-23(20)16-10-8-15(9-11-16)14-22-19-5-1-4-17(19)18-6-2-12-21-18/h8-11,17-19,21-22H,1-7,12-14H2. The fourth-order valence-corrected chi connectivity index (χ4v) is 4.76. The molecule has 1 aromatic rings. The molecule has 1 aliphatic carbocycles. The molecular weight excluding hydrogens is 298 g/mol. The van der Waals surface area contributed by atoms with Crippen LogP contribution in [0.1, 0.15) is 50.5 Å². The van der Waals surface area contributed by atoms with Crippen molar-refractivity contribution < 1.29 is 4.79 Å². The average Bonchev–Trinajstić information content (AvgIpc) is 3.34. The van der Waals surface area contributed by atoms with Gasteiger partial charge in [-0.25, -0.2) is 0 Å². The molecule has 130 valence electrons. The molecule has 3 atom stereocenters. The van der Waals surface area contributed by atoms with Gasteiger partial charge in [0.2, 0.25) is 5.91 Å². The SMILES string of the molecule is O=C1CCCN1c1ccc(CNC2CCCC2C2CCCN2)cc1. The molecule has 4 rings (SSSR count). The lowest BCUT2D eigenvalue weighted by Gasteiger charge is -2.26. The molecule has 3 aliphatic rings. The van der Waals surface area contributed by atoms with Gasteiger partial charge >= 0.3 is 0 Å². The summed E-state index contributed by atoms with van der Waals surface area (Å²) in [5, 5.41) is 7.49. The Labute approximate surface area is 145 Å². The summed E-state index contributed by atoms with van der Waals surface area (Å²) in [7, 11) is 0. The third-order valence-electron chi connectivity index (χ3n) is 6.07. The van der Waals surface area contributed by atoms with Crippen molar-refractivity contribution in [3.63, 3.8) is 0 Å². The normalized spacial score (nSPS) is 30.4. The molecular formula is C20H29N3O. The van der Waals surface area contributed by atoms with Crippen LogP contribution < -0.4 is 15.5 Å². The largest absolute Gasteiger partial charge is 0.314 e. The zero-order valence-electron chi connectivity index (χ0n) is 14.5. The maximum absolute atomic E-state index is 11.8. The summed E-state index contributed by atoms with van der Waals surface area (Å²) < 4.78 is 0. The number of hydrogen-bond donors (Lipinski definition) is 2. The predicted octanol–water partition coefficient (Wildman–Crippen LogP) is 2.82. The molecule has 2 N–H and O–H groups in total. The van der Waals surface area contributed by atoms with Crippen molar-refractivity contribution in [1.29, 1.82) is 0 Å². The van der Waals surface area contributed by atoms with Crippen molar-refractivity contribution >= 4 is 11.6 Å². The molecule has 0 bridgehead atoms. The van der Waals surface area contributed by atoms with Crippen LogP contribution in [0.25, 0.3) is 0 Å². The smallest absolute Gasteiger partial charge is 0.227 e. The van der Waals surface area contributed by atoms with Gasteiger partial charge in [-0.05, 0) is 62.3 Å². The lowest BCUT2D eigenvalue weighted by molar-refractivity contribution is -0.117. The molecule has 1 amide bonds. The van der Waals surface area contributed by atoms with Gasteiger partial charge in [0, 0.05) is 37.3 Å². The highest BCUT2D eigenvalue weighted by Gasteiger charge is 2.34. The zero-order chi connectivity index (χ0) is 16.4. The second-order valence-electron chi connectivity index (χ2n) is 7.60. The van der Waals surface area contributed by atoms with Gasteiger partial charge in [-0.1, -0.05) is 18.6 Å². The number of rotatable bonds is 5. The summed E-state index contributed by atoms with van der Waals surface area (Å²) in [6.45, 7) is 3.00. The summed E-state index contributed by atoms with van der Waals surface area (Å²) in [5.41, 5.74) is 2.37. The van der Waals surface area contributed by atoms with Crippen molar-refractivity contribution in [2.45, 2.75) is 63.6 Å². The van der Waals surface area contributed by atoms with E-state index in [1.807, 2.05) is 4.90 Å². The molecule has 1 saturated carbocycles. The van der Waals surface area contributed by atoms with Gasteiger partial charge in [0.25, 0.3) is 0 Å². The average molecular weight is 327 g/mol. The Morgan fingerprint density at radius 3 is 2.67 bits per heavy atom. The highest BCUT2D eigenvalue weighted by atomic mass is 16.2. The van der Waals surface area contributed by atoms with Gasteiger partial charge in [-0.3, -0.25) is 4.79 Å². The predicted molar refractivity (Wildman–Crippen MR) is 97.0 cm³/mol. The van der Waals surface area contributed by atoms with E-state index in [1.54, 1.807) is 0 Å². The number of nitrogens with one attached hydrogen (secondary N) is 2. The molecule has 4 heteroatoms. The maximum Gasteiger partial charge on any atom is 0.227 e. The van der Waals surface area contributed by atoms with Gasteiger partial charge in [-0.2, -0.15) is 0 Å². The van der Waals surface area contributed by atoms with Crippen molar-refractivity contribution in [1.82, 2.24) is 10.6 Å². The summed E-state index contributed by atoms with van der Waals surface area (Å²) in [6.07, 6.45) is 8.40. The van der Waals surface area contributed by atoms with Crippen LogP contribution in [-0.4, -0.2) is 31.1 Å². The second kappa shape index (κ2) is 7.24. The van der Waals surface area contributed by atoms with Crippen LogP contribution in [0.2, 0.25) is 0 Å². The first-order chi connectivity index (χ1) is 11.8. The van der Waals surface area contributed by atoms with E-state index in [0.717, 1.165) is 37.2 Å². The van der Waals surface area contributed by atoms with E-state index in [0.29, 0.717) is 12.5 Å². The van der Waals surface area contributed by atoms with E-state index in [9.17, 15) is 4.79 Å². The summed E-state index contributed by atoms with van der Waals surface area (Å²) in [6, 6.07) is 9.93. The van der Waals surface area contributed by atoms with Crippen molar-refractivity contribution in [3.8, 4) is 0 Å². The number of anilines is 1. The minimum atomic E-state index is 0.263. The minimum absolute atomic E-state index is 0.263. The van der Waals surface area contributed by atoms with Gasteiger partial charge in [-0.15, -0.1) is 0 Å². The number of amides is 1. The fraction of sp³-hybridized carbons (Fsp3) is 0.650. The lowest BCUT2D eigenvalue weighted by Crippen LogP contribution is -2.41. The summed E-state index contributed by atoms with van der Waals surface area (Å²) >= 11 is 0. The van der Waals surface area contributed by atoms with Crippen molar-refractivity contribution in [2.24, 2.45) is 5.92 Å². The van der Waals surface area contributed by atoms with Crippen molar-refractivity contribution in [2.75, 3.05) is 18.0 Å². The van der Waals surface area contributed by atoms with Gasteiger partial charge in [0.1, 0.15) is 0 Å². The molecule has 3 fully saturated rings. The maximum atomic E-state index is 11.8. The molecule has 0 spiro atoms. The van der Waals surface area contributed by atoms with Crippen LogP contribution in [0.5, 0.6) is 0 Å². The first-order valence-electron chi connectivity index (χ1n) is 9.67. The van der Waals surface area contributed by atoms with Crippen LogP contribution in [0.3, 0.4) is 0 Å². The fourth-order valence-electron chi connectivity index (χ4n) is 4.76. The first kappa shape index (κ1) is 16.1. The van der Waals surface area contributed by atoms with Crippen LogP contribution >= 0.6 is 0 Å². The Morgan fingerprint density at radius 1 is 1.08 bits per heavy atom.